The zero-order valence-electron chi connectivity index (χ0n) is 13.8. The molecule has 0 bridgehead atoms. The quantitative estimate of drug-likeness (QED) is 0.596. The number of ether oxygens (including phenoxy) is 2. The van der Waals surface area contributed by atoms with Crippen molar-refractivity contribution in [2.75, 3.05) is 19.2 Å². The van der Waals surface area contributed by atoms with Gasteiger partial charge in [0.15, 0.2) is 5.16 Å². The molecule has 24 heavy (non-hydrogen) atoms. The summed E-state index contributed by atoms with van der Waals surface area (Å²) in [7, 11) is 0. The van der Waals surface area contributed by atoms with E-state index in [0.29, 0.717) is 41.8 Å². The van der Waals surface area contributed by atoms with Crippen LogP contribution in [0.3, 0.4) is 0 Å². The second kappa shape index (κ2) is 7.87. The molecule has 1 aromatic heterocycles. The molecule has 7 heteroatoms. The first-order valence-corrected chi connectivity index (χ1v) is 9.43. The number of hydrogen-bond acceptors (Lipinski definition) is 5. The molecule has 0 amide bonds. The first kappa shape index (κ1) is 17.7. The third-order valence-electron chi connectivity index (χ3n) is 3.80. The summed E-state index contributed by atoms with van der Waals surface area (Å²) in [6.45, 7) is 5.86. The summed E-state index contributed by atoms with van der Waals surface area (Å²) in [6, 6.07) is 5.26. The predicted octanol–water partition coefficient (Wildman–Crippen LogP) is 3.56. The molecule has 2 heterocycles. The summed E-state index contributed by atoms with van der Waals surface area (Å²) >= 11 is 7.61. The van der Waals surface area contributed by atoms with Crippen LogP contribution in [-0.2, 0) is 16.0 Å². The van der Waals surface area contributed by atoms with Crippen LogP contribution in [0.2, 0.25) is 5.02 Å². The molecule has 0 aliphatic carbocycles. The molecule has 1 aromatic carbocycles. The first-order chi connectivity index (χ1) is 11.5. The summed E-state index contributed by atoms with van der Waals surface area (Å²) in [5.41, 5.74) is 0.645. The maximum atomic E-state index is 12.9. The van der Waals surface area contributed by atoms with Crippen molar-refractivity contribution in [3.8, 4) is 0 Å². The predicted molar refractivity (Wildman–Crippen MR) is 96.9 cm³/mol. The summed E-state index contributed by atoms with van der Waals surface area (Å²) in [5, 5.41) is 1.85. The Hall–Kier alpha value is -1.08. The lowest BCUT2D eigenvalue weighted by atomic mass is 10.2. The average molecular weight is 369 g/mol. The van der Waals surface area contributed by atoms with Crippen molar-refractivity contribution in [2.24, 2.45) is 5.92 Å². The molecular weight excluding hydrogens is 348 g/mol. The SMILES string of the molecule is CC(C)Cn1c(SC[C@@H]2CCOCO2)nc2ccc(Cl)cc2c1=O. The number of benzene rings is 1. The van der Waals surface area contributed by atoms with Gasteiger partial charge in [-0.2, -0.15) is 0 Å². The van der Waals surface area contributed by atoms with Gasteiger partial charge >= 0.3 is 0 Å². The Labute approximate surface area is 150 Å². The van der Waals surface area contributed by atoms with E-state index < -0.39 is 0 Å². The molecule has 1 fully saturated rings. The number of nitrogens with zero attached hydrogens (tertiary/aromatic N) is 2. The second-order valence-electron chi connectivity index (χ2n) is 6.28. The fourth-order valence-corrected chi connectivity index (χ4v) is 3.86. The highest BCUT2D eigenvalue weighted by Crippen LogP contribution is 2.23. The van der Waals surface area contributed by atoms with Gasteiger partial charge in [-0.25, -0.2) is 4.98 Å². The molecule has 1 aliphatic rings. The highest BCUT2D eigenvalue weighted by molar-refractivity contribution is 7.99. The van der Waals surface area contributed by atoms with Gasteiger partial charge in [-0.05, 0) is 30.5 Å². The Morgan fingerprint density at radius 1 is 1.46 bits per heavy atom. The summed E-state index contributed by atoms with van der Waals surface area (Å²) < 4.78 is 12.5. The van der Waals surface area contributed by atoms with Gasteiger partial charge in [0, 0.05) is 17.3 Å². The lowest BCUT2D eigenvalue weighted by molar-refractivity contribution is -0.130. The van der Waals surface area contributed by atoms with Crippen molar-refractivity contribution in [3.63, 3.8) is 0 Å². The van der Waals surface area contributed by atoms with Gasteiger partial charge in [-0.15, -0.1) is 0 Å². The van der Waals surface area contributed by atoms with Gasteiger partial charge in [-0.3, -0.25) is 9.36 Å². The van der Waals surface area contributed by atoms with Crippen molar-refractivity contribution in [1.82, 2.24) is 9.55 Å². The lowest BCUT2D eigenvalue weighted by Crippen LogP contribution is -2.28. The second-order valence-corrected chi connectivity index (χ2v) is 7.70. The third kappa shape index (κ3) is 4.11. The fraction of sp³-hybridized carbons (Fsp3) is 0.529. The first-order valence-electron chi connectivity index (χ1n) is 8.07. The Bertz CT molecular complexity index is 772. The van der Waals surface area contributed by atoms with Crippen molar-refractivity contribution < 1.29 is 9.47 Å². The van der Waals surface area contributed by atoms with Crippen LogP contribution in [0, 0.1) is 5.92 Å². The maximum Gasteiger partial charge on any atom is 0.262 e. The van der Waals surface area contributed by atoms with E-state index in [9.17, 15) is 4.79 Å². The number of aromatic nitrogens is 2. The van der Waals surface area contributed by atoms with E-state index in [0.717, 1.165) is 17.3 Å². The molecule has 1 saturated heterocycles. The number of hydrogen-bond donors (Lipinski definition) is 0. The largest absolute Gasteiger partial charge is 0.355 e. The zero-order valence-corrected chi connectivity index (χ0v) is 15.4. The monoisotopic (exact) mass is 368 g/mol. The van der Waals surface area contributed by atoms with Crippen LogP contribution in [0.4, 0.5) is 0 Å². The van der Waals surface area contributed by atoms with E-state index >= 15 is 0 Å². The number of halogens is 1. The number of thioether (sulfide) groups is 1. The van der Waals surface area contributed by atoms with Gasteiger partial charge in [0.2, 0.25) is 0 Å². The summed E-state index contributed by atoms with van der Waals surface area (Å²) in [4.78, 5) is 17.6. The van der Waals surface area contributed by atoms with Gasteiger partial charge in [0.25, 0.3) is 5.56 Å². The molecule has 0 saturated carbocycles. The summed E-state index contributed by atoms with van der Waals surface area (Å²) in [6.07, 6.45) is 0.999. The number of rotatable bonds is 5. The van der Waals surface area contributed by atoms with E-state index in [1.165, 1.54) is 0 Å². The van der Waals surface area contributed by atoms with Crippen molar-refractivity contribution in [2.45, 2.75) is 38.1 Å². The standard InChI is InChI=1S/C17H21ClN2O3S/c1-11(2)8-20-16(21)14-7-12(18)3-4-15(14)19-17(20)24-9-13-5-6-22-10-23-13/h3-4,7,11,13H,5-6,8-10H2,1-2H3/t13-/m0/s1. The smallest absolute Gasteiger partial charge is 0.262 e. The van der Waals surface area contributed by atoms with Crippen LogP contribution in [0.25, 0.3) is 10.9 Å². The van der Waals surface area contributed by atoms with Crippen molar-refractivity contribution in [3.05, 3.63) is 33.6 Å². The molecule has 0 N–H and O–H groups in total. The van der Waals surface area contributed by atoms with Crippen LogP contribution in [0.1, 0.15) is 20.3 Å². The Kier molecular flexibility index (Phi) is 5.81. The van der Waals surface area contributed by atoms with E-state index in [1.807, 2.05) is 0 Å². The van der Waals surface area contributed by atoms with E-state index in [-0.39, 0.29) is 11.7 Å². The van der Waals surface area contributed by atoms with Gasteiger partial charge in [0.1, 0.15) is 6.79 Å². The molecular formula is C17H21ClN2O3S. The normalized spacial score (nSPS) is 18.4. The molecule has 1 aliphatic heterocycles. The minimum Gasteiger partial charge on any atom is -0.355 e. The van der Waals surface area contributed by atoms with Gasteiger partial charge < -0.3 is 9.47 Å². The van der Waals surface area contributed by atoms with Gasteiger partial charge in [-0.1, -0.05) is 37.2 Å². The van der Waals surface area contributed by atoms with Crippen LogP contribution in [0.5, 0.6) is 0 Å². The molecule has 5 nitrogen and oxygen atoms in total. The topological polar surface area (TPSA) is 53.4 Å². The van der Waals surface area contributed by atoms with E-state index in [4.69, 9.17) is 26.1 Å². The van der Waals surface area contributed by atoms with Crippen molar-refractivity contribution >= 4 is 34.3 Å². The molecule has 130 valence electrons. The lowest BCUT2D eigenvalue weighted by Gasteiger charge is -2.23. The average Bonchev–Trinajstić information content (AvgIpc) is 2.57. The fourth-order valence-electron chi connectivity index (χ4n) is 2.61. The molecule has 0 radical (unpaired) electrons. The molecule has 3 rings (SSSR count). The van der Waals surface area contributed by atoms with E-state index in [2.05, 4.69) is 13.8 Å². The van der Waals surface area contributed by atoms with Crippen molar-refractivity contribution in [1.29, 1.82) is 0 Å². The number of fused-ring (bicyclic) bond motifs is 1. The molecule has 0 unspecified atom stereocenters. The summed E-state index contributed by atoms with van der Waals surface area (Å²) in [5.74, 6) is 1.10. The van der Waals surface area contributed by atoms with Gasteiger partial charge in [0.05, 0.1) is 23.6 Å². The maximum absolute atomic E-state index is 12.9. The molecule has 1 atom stereocenters. The van der Waals surface area contributed by atoms with E-state index in [1.54, 1.807) is 34.5 Å². The highest BCUT2D eigenvalue weighted by atomic mass is 35.5. The van der Waals surface area contributed by atoms with Crippen LogP contribution < -0.4 is 5.56 Å². The van der Waals surface area contributed by atoms with Crippen LogP contribution in [0.15, 0.2) is 28.2 Å². The minimum atomic E-state index is -0.0356. The van der Waals surface area contributed by atoms with Crippen LogP contribution in [-0.4, -0.2) is 34.8 Å². The molecule has 0 spiro atoms. The Balaban J connectivity index is 1.94. The Morgan fingerprint density at radius 2 is 2.29 bits per heavy atom. The zero-order chi connectivity index (χ0) is 17.1. The highest BCUT2D eigenvalue weighted by Gasteiger charge is 2.18. The van der Waals surface area contributed by atoms with Crippen LogP contribution >= 0.6 is 23.4 Å². The third-order valence-corrected chi connectivity index (χ3v) is 5.14. The Morgan fingerprint density at radius 3 is 3.00 bits per heavy atom. The molecule has 2 aromatic rings. The minimum absolute atomic E-state index is 0.0356.